The molecule has 8 atom stereocenters. The molecule has 0 radical (unpaired) electrons. The molecule has 2 amide bonds. The third-order valence-corrected chi connectivity index (χ3v) is 12.3. The Hall–Kier alpha value is -1.77. The first-order chi connectivity index (χ1) is 18.7. The lowest BCUT2D eigenvalue weighted by Crippen LogP contribution is -2.55. The van der Waals surface area contributed by atoms with Crippen LogP contribution in [-0.4, -0.2) is 72.0 Å². The first-order valence-electron chi connectivity index (χ1n) is 15.3. The molecule has 226 valence electrons. The van der Waals surface area contributed by atoms with Gasteiger partial charge in [0, 0.05) is 39.0 Å². The second-order valence-electron chi connectivity index (χ2n) is 14.0. The van der Waals surface area contributed by atoms with E-state index in [1.165, 1.54) is 7.11 Å². The van der Waals surface area contributed by atoms with E-state index in [4.69, 9.17) is 4.74 Å². The highest BCUT2D eigenvalue weighted by Crippen LogP contribution is 2.68. The van der Waals surface area contributed by atoms with Gasteiger partial charge in [-0.15, -0.1) is 0 Å². The molecule has 4 aliphatic carbocycles. The van der Waals surface area contributed by atoms with Gasteiger partial charge in [0.2, 0.25) is 5.91 Å². The van der Waals surface area contributed by atoms with Crippen LogP contribution in [0.5, 0.6) is 0 Å². The Morgan fingerprint density at radius 1 is 1.05 bits per heavy atom. The number of carbonyl (C=O) groups is 2. The van der Waals surface area contributed by atoms with Crippen molar-refractivity contribution in [2.45, 2.75) is 96.8 Å². The largest absolute Gasteiger partial charge is 0.453 e. The number of fused-ring (bicyclic) bond motifs is 5. The lowest BCUT2D eigenvalue weighted by atomic mass is 9.46. The number of aliphatic hydroxyl groups is 1. The maximum absolute atomic E-state index is 13.6. The average molecular weight is 569 g/mol. The number of hydrogen-bond donors (Lipinski definition) is 1. The van der Waals surface area contributed by atoms with Crippen LogP contribution >= 0.6 is 0 Å². The molecule has 0 aromatic carbocycles. The van der Waals surface area contributed by atoms with Crippen LogP contribution in [0.1, 0.15) is 85.0 Å². The Kier molecular flexibility index (Phi) is 7.80. The first kappa shape index (κ1) is 29.7. The van der Waals surface area contributed by atoms with Gasteiger partial charge in [0.05, 0.1) is 7.11 Å². The molecule has 4 fully saturated rings. The van der Waals surface area contributed by atoms with E-state index in [1.807, 2.05) is 4.90 Å². The maximum Gasteiger partial charge on any atom is 0.417 e. The number of ether oxygens (including phenoxy) is 1. The van der Waals surface area contributed by atoms with Crippen molar-refractivity contribution in [2.75, 3.05) is 33.3 Å². The van der Waals surface area contributed by atoms with Gasteiger partial charge < -0.3 is 19.6 Å². The van der Waals surface area contributed by atoms with E-state index >= 15 is 0 Å². The van der Waals surface area contributed by atoms with Crippen molar-refractivity contribution in [2.24, 2.45) is 40.4 Å². The number of alkyl halides is 3. The molecule has 1 aliphatic heterocycles. The molecule has 9 heteroatoms. The lowest BCUT2D eigenvalue weighted by molar-refractivity contribution is -0.271. The SMILES string of the molecule is COC(=O)N1CCN(C(=O)CC[C@@H](C)[C@H]2CC[C@H]3[C@@H]4CC=C5C[C@](O)(C(F)(F)F)CC[C@]5(C)[C@H]4CC[C@]23C)CC1. The van der Waals surface area contributed by atoms with Gasteiger partial charge in [0.25, 0.3) is 0 Å². The van der Waals surface area contributed by atoms with Crippen molar-refractivity contribution in [3.05, 3.63) is 11.6 Å². The molecule has 0 aromatic rings. The summed E-state index contributed by atoms with van der Waals surface area (Å²) in [6.45, 7) is 9.01. The van der Waals surface area contributed by atoms with Crippen LogP contribution in [0.4, 0.5) is 18.0 Å². The van der Waals surface area contributed by atoms with Gasteiger partial charge >= 0.3 is 12.3 Å². The monoisotopic (exact) mass is 568 g/mol. The number of halogens is 3. The van der Waals surface area contributed by atoms with Crippen LogP contribution in [0.2, 0.25) is 0 Å². The Morgan fingerprint density at radius 3 is 2.38 bits per heavy atom. The highest BCUT2D eigenvalue weighted by atomic mass is 19.4. The average Bonchev–Trinajstić information content (AvgIpc) is 3.28. The number of rotatable bonds is 4. The fraction of sp³-hybridized carbons (Fsp3) is 0.871. The molecule has 3 saturated carbocycles. The minimum atomic E-state index is -4.59. The summed E-state index contributed by atoms with van der Waals surface area (Å²) in [5.41, 5.74) is -1.82. The third-order valence-electron chi connectivity index (χ3n) is 12.3. The van der Waals surface area contributed by atoms with Crippen LogP contribution in [0.15, 0.2) is 11.6 Å². The Bertz CT molecular complexity index is 1020. The summed E-state index contributed by atoms with van der Waals surface area (Å²) in [4.78, 5) is 28.2. The molecule has 0 bridgehead atoms. The minimum Gasteiger partial charge on any atom is -0.453 e. The van der Waals surface area contributed by atoms with Crippen LogP contribution in [0, 0.1) is 40.4 Å². The van der Waals surface area contributed by atoms with Gasteiger partial charge in [-0.05, 0) is 91.8 Å². The molecule has 0 aromatic heterocycles. The second-order valence-corrected chi connectivity index (χ2v) is 14.0. The van der Waals surface area contributed by atoms with Crippen molar-refractivity contribution in [1.29, 1.82) is 0 Å². The zero-order valence-electron chi connectivity index (χ0n) is 24.6. The number of carbonyl (C=O) groups excluding carboxylic acids is 2. The molecule has 0 spiro atoms. The maximum atomic E-state index is 13.6. The molecular formula is C31H47F3N2O4. The molecular weight excluding hydrogens is 521 g/mol. The zero-order chi connectivity index (χ0) is 29.1. The smallest absolute Gasteiger partial charge is 0.417 e. The summed E-state index contributed by atoms with van der Waals surface area (Å²) in [5, 5.41) is 10.4. The molecule has 40 heavy (non-hydrogen) atoms. The normalized spacial score (nSPS) is 40.5. The summed E-state index contributed by atoms with van der Waals surface area (Å²) < 4.78 is 45.7. The first-order valence-corrected chi connectivity index (χ1v) is 15.3. The van der Waals surface area contributed by atoms with E-state index in [2.05, 4.69) is 26.8 Å². The van der Waals surface area contributed by atoms with Crippen molar-refractivity contribution >= 4 is 12.0 Å². The minimum absolute atomic E-state index is 0.161. The Balaban J connectivity index is 1.20. The van der Waals surface area contributed by atoms with E-state index in [0.717, 1.165) is 44.1 Å². The summed E-state index contributed by atoms with van der Waals surface area (Å²) >= 11 is 0. The Morgan fingerprint density at radius 2 is 1.73 bits per heavy atom. The van der Waals surface area contributed by atoms with Gasteiger partial charge in [-0.3, -0.25) is 4.79 Å². The van der Waals surface area contributed by atoms with E-state index in [0.29, 0.717) is 68.6 Å². The molecule has 5 rings (SSSR count). The van der Waals surface area contributed by atoms with Crippen molar-refractivity contribution in [3.8, 4) is 0 Å². The molecule has 0 unspecified atom stereocenters. The number of methoxy groups -OCH3 is 1. The van der Waals surface area contributed by atoms with Crippen LogP contribution in [-0.2, 0) is 9.53 Å². The topological polar surface area (TPSA) is 70.1 Å². The van der Waals surface area contributed by atoms with E-state index in [1.54, 1.807) is 4.90 Å². The molecule has 1 saturated heterocycles. The summed E-state index contributed by atoms with van der Waals surface area (Å²) in [6.07, 6.45) is 3.67. The fourth-order valence-corrected chi connectivity index (χ4v) is 9.84. The quantitative estimate of drug-likeness (QED) is 0.411. The van der Waals surface area contributed by atoms with Crippen molar-refractivity contribution < 1.29 is 32.6 Å². The number of allylic oxidation sites excluding steroid dienone is 1. The number of amides is 2. The predicted octanol–water partition coefficient (Wildman–Crippen LogP) is 6.19. The van der Waals surface area contributed by atoms with Gasteiger partial charge in [-0.2, -0.15) is 13.2 Å². The lowest BCUT2D eigenvalue weighted by Gasteiger charge is -2.59. The van der Waals surface area contributed by atoms with E-state index < -0.39 is 11.8 Å². The zero-order valence-corrected chi connectivity index (χ0v) is 24.6. The third kappa shape index (κ3) is 4.86. The predicted molar refractivity (Wildman–Crippen MR) is 145 cm³/mol. The Labute approximate surface area is 236 Å². The van der Waals surface area contributed by atoms with Crippen LogP contribution < -0.4 is 0 Å². The number of piperazine rings is 1. The molecule has 1 heterocycles. The van der Waals surface area contributed by atoms with Crippen LogP contribution in [0.3, 0.4) is 0 Å². The van der Waals surface area contributed by atoms with E-state index in [-0.39, 0.29) is 35.7 Å². The van der Waals surface area contributed by atoms with Gasteiger partial charge in [0.1, 0.15) is 0 Å². The molecule has 5 aliphatic rings. The van der Waals surface area contributed by atoms with Crippen molar-refractivity contribution in [3.63, 3.8) is 0 Å². The second kappa shape index (κ2) is 10.5. The van der Waals surface area contributed by atoms with E-state index in [9.17, 15) is 27.9 Å². The van der Waals surface area contributed by atoms with Gasteiger partial charge in [-0.25, -0.2) is 4.79 Å². The van der Waals surface area contributed by atoms with Crippen LogP contribution in [0.25, 0.3) is 0 Å². The highest BCUT2D eigenvalue weighted by molar-refractivity contribution is 5.76. The number of nitrogens with zero attached hydrogens (tertiary/aromatic N) is 2. The van der Waals surface area contributed by atoms with Crippen molar-refractivity contribution in [1.82, 2.24) is 9.80 Å². The van der Waals surface area contributed by atoms with Gasteiger partial charge in [-0.1, -0.05) is 32.4 Å². The standard InChI is InChI=1S/C31H47F3N2O4/c1-20(5-10-26(37)35-15-17-36(18-16-35)27(38)40-4)23-8-9-24-22-7-6-21-19-30(39,31(32,33)34)14-13-28(21,2)25(22)11-12-29(23,24)3/h6,20,22-25,39H,5,7-19H2,1-4H3/t20-,22+,23-,24+,25+,28+,29-,30+/m1/s1. The number of hydrogen-bond acceptors (Lipinski definition) is 4. The van der Waals surface area contributed by atoms with Gasteiger partial charge in [0.15, 0.2) is 5.60 Å². The summed E-state index contributed by atoms with van der Waals surface area (Å²) in [6, 6.07) is 0. The fourth-order valence-electron chi connectivity index (χ4n) is 9.84. The highest BCUT2D eigenvalue weighted by Gasteiger charge is 2.63. The molecule has 1 N–H and O–H groups in total. The summed E-state index contributed by atoms with van der Waals surface area (Å²) in [7, 11) is 1.37. The molecule has 6 nitrogen and oxygen atoms in total. The summed E-state index contributed by atoms with van der Waals surface area (Å²) in [5.74, 6) is 2.54.